The van der Waals surface area contributed by atoms with E-state index in [1.165, 1.54) is 23.3 Å². The number of rotatable bonds is 13. The van der Waals surface area contributed by atoms with Crippen molar-refractivity contribution >= 4 is 5.97 Å². The maximum Gasteiger partial charge on any atom is 0.306 e. The van der Waals surface area contributed by atoms with Crippen molar-refractivity contribution in [2.75, 3.05) is 19.8 Å². The van der Waals surface area contributed by atoms with Crippen molar-refractivity contribution in [3.05, 3.63) is 70.5 Å². The topological polar surface area (TPSA) is 67.8 Å². The van der Waals surface area contributed by atoms with Crippen LogP contribution in [0.2, 0.25) is 0 Å². The predicted molar refractivity (Wildman–Crippen MR) is 136 cm³/mol. The number of ether oxygens (including phenoxy) is 2. The molecule has 0 radical (unpaired) electrons. The summed E-state index contributed by atoms with van der Waals surface area (Å²) < 4.78 is 24.7. The van der Waals surface area contributed by atoms with Gasteiger partial charge in [0.1, 0.15) is 5.82 Å². The van der Waals surface area contributed by atoms with E-state index in [0.717, 1.165) is 30.4 Å². The van der Waals surface area contributed by atoms with Gasteiger partial charge in [-0.15, -0.1) is 0 Å². The highest BCUT2D eigenvalue weighted by Crippen LogP contribution is 2.32. The molecule has 0 unspecified atom stereocenters. The molecule has 0 bridgehead atoms. The van der Waals surface area contributed by atoms with E-state index in [9.17, 15) is 14.3 Å². The average molecular weight is 486 g/mol. The first-order valence-electron chi connectivity index (χ1n) is 12.7. The van der Waals surface area contributed by atoms with E-state index < -0.39 is 6.10 Å². The lowest BCUT2D eigenvalue weighted by Crippen LogP contribution is -2.45. The van der Waals surface area contributed by atoms with E-state index in [2.05, 4.69) is 43.4 Å². The number of hydrogen-bond acceptors (Lipinski definition) is 5. The highest BCUT2D eigenvalue weighted by atomic mass is 19.1. The molecule has 2 N–H and O–H groups in total. The quantitative estimate of drug-likeness (QED) is 0.394. The maximum atomic E-state index is 13.8. The Morgan fingerprint density at radius 2 is 1.89 bits per heavy atom. The van der Waals surface area contributed by atoms with Gasteiger partial charge in [-0.05, 0) is 93.7 Å². The van der Waals surface area contributed by atoms with Gasteiger partial charge in [-0.3, -0.25) is 4.79 Å². The molecule has 0 spiro atoms. The summed E-state index contributed by atoms with van der Waals surface area (Å²) in [5, 5.41) is 14.1. The van der Waals surface area contributed by atoms with Crippen molar-refractivity contribution in [1.29, 1.82) is 0 Å². The Bertz CT molecular complexity index is 952. The van der Waals surface area contributed by atoms with Gasteiger partial charge in [0.2, 0.25) is 0 Å². The number of carbonyl (C=O) groups is 1. The normalized spacial score (nSPS) is 15.6. The third kappa shape index (κ3) is 8.41. The van der Waals surface area contributed by atoms with Crippen LogP contribution in [0.1, 0.15) is 68.9 Å². The number of aryl methyl sites for hydroxylation is 1. The van der Waals surface area contributed by atoms with Crippen molar-refractivity contribution in [2.45, 2.75) is 77.5 Å². The number of nitrogens with one attached hydrogen (secondary N) is 1. The summed E-state index contributed by atoms with van der Waals surface area (Å²) in [7, 11) is 0. The van der Waals surface area contributed by atoms with Crippen molar-refractivity contribution < 1.29 is 23.8 Å². The Morgan fingerprint density at radius 1 is 1.20 bits per heavy atom. The fraction of sp³-hybridized carbons (Fsp3) is 0.552. The van der Waals surface area contributed by atoms with Gasteiger partial charge < -0.3 is 19.9 Å². The highest BCUT2D eigenvalue weighted by Gasteiger charge is 2.28. The zero-order chi connectivity index (χ0) is 25.4. The van der Waals surface area contributed by atoms with E-state index in [1.54, 1.807) is 13.0 Å². The largest absolute Gasteiger partial charge is 0.466 e. The van der Waals surface area contributed by atoms with Gasteiger partial charge in [-0.2, -0.15) is 0 Å². The molecule has 1 aliphatic carbocycles. The van der Waals surface area contributed by atoms with Crippen molar-refractivity contribution in [1.82, 2.24) is 5.32 Å². The molecule has 1 aliphatic rings. The Hall–Kier alpha value is -2.28. The third-order valence-electron chi connectivity index (χ3n) is 6.74. The second-order valence-corrected chi connectivity index (χ2v) is 10.3. The summed E-state index contributed by atoms with van der Waals surface area (Å²) in [5.74, 6) is -0.0478. The van der Waals surface area contributed by atoms with E-state index in [-0.39, 0.29) is 36.5 Å². The molecule has 0 aliphatic heterocycles. The summed E-state index contributed by atoms with van der Waals surface area (Å²) in [6.45, 7) is 8.91. The molecule has 2 aromatic carbocycles. The van der Waals surface area contributed by atoms with E-state index >= 15 is 0 Å². The molecular weight excluding hydrogens is 445 g/mol. The fourth-order valence-electron chi connectivity index (χ4n) is 5.04. The van der Waals surface area contributed by atoms with E-state index in [4.69, 9.17) is 9.47 Å². The van der Waals surface area contributed by atoms with Gasteiger partial charge in [-0.1, -0.05) is 30.3 Å². The average Bonchev–Trinajstić information content (AvgIpc) is 3.21. The lowest BCUT2D eigenvalue weighted by molar-refractivity contribution is -0.143. The first kappa shape index (κ1) is 27.3. The number of benzene rings is 2. The van der Waals surface area contributed by atoms with Crippen LogP contribution >= 0.6 is 0 Å². The summed E-state index contributed by atoms with van der Waals surface area (Å²) in [6, 6.07) is 13.2. The second kappa shape index (κ2) is 12.6. The summed E-state index contributed by atoms with van der Waals surface area (Å²) in [4.78, 5) is 11.7. The van der Waals surface area contributed by atoms with Gasteiger partial charge in [0.15, 0.2) is 0 Å². The van der Waals surface area contributed by atoms with Gasteiger partial charge in [-0.25, -0.2) is 4.39 Å². The van der Waals surface area contributed by atoms with Gasteiger partial charge >= 0.3 is 5.97 Å². The van der Waals surface area contributed by atoms with Crippen molar-refractivity contribution in [3.63, 3.8) is 0 Å². The molecular formula is C29H40FNO4. The summed E-state index contributed by atoms with van der Waals surface area (Å²) >= 11 is 0. The molecule has 0 fully saturated rings. The lowest BCUT2D eigenvalue weighted by Gasteiger charge is -2.31. The van der Waals surface area contributed by atoms with Crippen LogP contribution in [-0.4, -0.2) is 42.5 Å². The van der Waals surface area contributed by atoms with Crippen LogP contribution in [0.3, 0.4) is 0 Å². The number of carbonyl (C=O) groups excluding carboxylic acids is 1. The summed E-state index contributed by atoms with van der Waals surface area (Å²) in [5.41, 5.74) is 4.35. The zero-order valence-corrected chi connectivity index (χ0v) is 21.5. The predicted octanol–water partition coefficient (Wildman–Crippen LogP) is 4.93. The number of esters is 1. The Labute approximate surface area is 209 Å². The molecule has 5 nitrogen and oxygen atoms in total. The summed E-state index contributed by atoms with van der Waals surface area (Å²) in [6.07, 6.45) is 2.81. The Morgan fingerprint density at radius 3 is 2.54 bits per heavy atom. The fourth-order valence-corrected chi connectivity index (χ4v) is 5.04. The molecule has 0 saturated heterocycles. The minimum atomic E-state index is -0.666. The van der Waals surface area contributed by atoms with Crippen LogP contribution in [0, 0.1) is 11.7 Å². The Kier molecular flexibility index (Phi) is 9.84. The second-order valence-electron chi connectivity index (χ2n) is 10.3. The maximum absolute atomic E-state index is 13.8. The van der Waals surface area contributed by atoms with Crippen molar-refractivity contribution in [2.24, 2.45) is 5.92 Å². The minimum absolute atomic E-state index is 0.101. The molecule has 6 heteroatoms. The standard InChI is InChI=1S/C29H40FNO4/c1-5-34-28(33)13-10-24-16-25(30)11-12-27(24)20(2)35-19-26(32)18-31-29(3,4)17-21-14-22-8-6-7-9-23(22)15-21/h6-9,11-12,16,20-21,26,31-32H,5,10,13-15,17-19H2,1-4H3/t20-,26+/m1/s1. The first-order chi connectivity index (χ1) is 16.7. The van der Waals surface area contributed by atoms with Crippen LogP contribution in [-0.2, 0) is 33.5 Å². The molecule has 35 heavy (non-hydrogen) atoms. The van der Waals surface area contributed by atoms with Crippen LogP contribution in [0.25, 0.3) is 0 Å². The number of hydrogen-bond donors (Lipinski definition) is 2. The first-order valence-corrected chi connectivity index (χ1v) is 12.7. The third-order valence-corrected chi connectivity index (χ3v) is 6.74. The smallest absolute Gasteiger partial charge is 0.306 e. The van der Waals surface area contributed by atoms with Crippen LogP contribution in [0.5, 0.6) is 0 Å². The molecule has 0 saturated carbocycles. The van der Waals surface area contributed by atoms with Crippen LogP contribution in [0.4, 0.5) is 4.39 Å². The number of aliphatic hydroxyl groups excluding tert-OH is 1. The van der Waals surface area contributed by atoms with Gasteiger partial charge in [0.05, 0.1) is 25.4 Å². The van der Waals surface area contributed by atoms with Gasteiger partial charge in [0.25, 0.3) is 0 Å². The molecule has 2 atom stereocenters. The number of β-amino-alcohol motifs (C(OH)–C–C–N with tert-alkyl or cyclic N) is 1. The van der Waals surface area contributed by atoms with Crippen molar-refractivity contribution in [3.8, 4) is 0 Å². The zero-order valence-electron chi connectivity index (χ0n) is 21.5. The van der Waals surface area contributed by atoms with E-state index in [1.807, 2.05) is 6.92 Å². The number of aliphatic hydroxyl groups is 1. The molecule has 3 rings (SSSR count). The highest BCUT2D eigenvalue weighted by molar-refractivity contribution is 5.69. The minimum Gasteiger partial charge on any atom is -0.466 e. The SMILES string of the molecule is CCOC(=O)CCc1cc(F)ccc1[C@@H](C)OC[C@@H](O)CNC(C)(C)CC1Cc2ccccc2C1. The molecule has 0 amide bonds. The molecule has 0 heterocycles. The monoisotopic (exact) mass is 485 g/mol. The van der Waals surface area contributed by atoms with Crippen LogP contribution in [0.15, 0.2) is 42.5 Å². The Balaban J connectivity index is 1.45. The van der Waals surface area contributed by atoms with E-state index in [0.29, 0.717) is 25.5 Å². The molecule has 2 aromatic rings. The molecule has 192 valence electrons. The molecule has 0 aromatic heterocycles. The van der Waals surface area contributed by atoms with Crippen LogP contribution < -0.4 is 5.32 Å². The number of fused-ring (bicyclic) bond motifs is 1. The lowest BCUT2D eigenvalue weighted by atomic mass is 9.88. The number of halogens is 1. The van der Waals surface area contributed by atoms with Gasteiger partial charge in [0, 0.05) is 18.5 Å².